The molecule has 0 saturated heterocycles. The standard InChI is InChI=1S/C14H22ClNO/c1-11(2)6-7-16-8-9-17-14-10-12(3)4-5-13(14)15/h4-5,10-11,16H,6-9H2,1-3H3. The number of aryl methyl sites for hydroxylation is 1. The molecule has 96 valence electrons. The minimum Gasteiger partial charge on any atom is -0.491 e. The van der Waals surface area contributed by atoms with Gasteiger partial charge in [0, 0.05) is 6.54 Å². The molecule has 0 aliphatic carbocycles. The molecule has 1 aromatic rings. The SMILES string of the molecule is Cc1ccc(Cl)c(OCCNCCC(C)C)c1. The molecule has 0 amide bonds. The molecular weight excluding hydrogens is 234 g/mol. The second-order valence-electron chi connectivity index (χ2n) is 4.71. The predicted molar refractivity (Wildman–Crippen MR) is 74.0 cm³/mol. The molecule has 1 N–H and O–H groups in total. The second-order valence-corrected chi connectivity index (χ2v) is 5.12. The lowest BCUT2D eigenvalue weighted by Crippen LogP contribution is -2.23. The summed E-state index contributed by atoms with van der Waals surface area (Å²) in [7, 11) is 0. The van der Waals surface area contributed by atoms with Crippen molar-refractivity contribution in [1.82, 2.24) is 5.32 Å². The van der Waals surface area contributed by atoms with E-state index in [2.05, 4.69) is 19.2 Å². The fourth-order valence-electron chi connectivity index (χ4n) is 1.47. The van der Waals surface area contributed by atoms with Crippen LogP contribution in [0.4, 0.5) is 0 Å². The van der Waals surface area contributed by atoms with Crippen LogP contribution in [0, 0.1) is 12.8 Å². The molecule has 0 heterocycles. The lowest BCUT2D eigenvalue weighted by atomic mass is 10.1. The van der Waals surface area contributed by atoms with Crippen molar-refractivity contribution in [2.45, 2.75) is 27.2 Å². The topological polar surface area (TPSA) is 21.3 Å². The quantitative estimate of drug-likeness (QED) is 0.751. The maximum atomic E-state index is 6.03. The number of halogens is 1. The van der Waals surface area contributed by atoms with Gasteiger partial charge in [0.15, 0.2) is 0 Å². The fraction of sp³-hybridized carbons (Fsp3) is 0.571. The highest BCUT2D eigenvalue weighted by Crippen LogP contribution is 2.24. The number of rotatable bonds is 7. The van der Waals surface area contributed by atoms with E-state index in [1.54, 1.807) is 0 Å². The molecule has 0 aromatic heterocycles. The van der Waals surface area contributed by atoms with Crippen molar-refractivity contribution in [2.24, 2.45) is 5.92 Å². The van der Waals surface area contributed by atoms with Gasteiger partial charge in [-0.25, -0.2) is 0 Å². The van der Waals surface area contributed by atoms with Crippen LogP contribution in [0.2, 0.25) is 5.02 Å². The average Bonchev–Trinajstić information content (AvgIpc) is 2.27. The second kappa shape index (κ2) is 7.57. The zero-order chi connectivity index (χ0) is 12.7. The maximum absolute atomic E-state index is 6.03. The summed E-state index contributed by atoms with van der Waals surface area (Å²) >= 11 is 6.03. The summed E-state index contributed by atoms with van der Waals surface area (Å²) in [4.78, 5) is 0. The van der Waals surface area contributed by atoms with E-state index in [1.807, 2.05) is 25.1 Å². The first-order chi connectivity index (χ1) is 8.09. The molecular formula is C14H22ClNO. The van der Waals surface area contributed by atoms with E-state index in [9.17, 15) is 0 Å². The van der Waals surface area contributed by atoms with Crippen LogP contribution in [0.15, 0.2) is 18.2 Å². The third kappa shape index (κ3) is 5.94. The number of hydrogen-bond donors (Lipinski definition) is 1. The predicted octanol–water partition coefficient (Wildman–Crippen LogP) is 3.66. The summed E-state index contributed by atoms with van der Waals surface area (Å²) in [5.41, 5.74) is 1.16. The van der Waals surface area contributed by atoms with E-state index in [1.165, 1.54) is 6.42 Å². The van der Waals surface area contributed by atoms with Crippen LogP contribution >= 0.6 is 11.6 Å². The summed E-state index contributed by atoms with van der Waals surface area (Å²) in [5, 5.41) is 4.03. The van der Waals surface area contributed by atoms with Crippen molar-refractivity contribution < 1.29 is 4.74 Å². The van der Waals surface area contributed by atoms with Crippen LogP contribution in [0.1, 0.15) is 25.8 Å². The van der Waals surface area contributed by atoms with Gasteiger partial charge in [-0.15, -0.1) is 0 Å². The van der Waals surface area contributed by atoms with Crippen LogP contribution in [0.25, 0.3) is 0 Å². The minimum absolute atomic E-state index is 0.654. The van der Waals surface area contributed by atoms with E-state index >= 15 is 0 Å². The average molecular weight is 256 g/mol. The zero-order valence-corrected chi connectivity index (χ0v) is 11.7. The molecule has 17 heavy (non-hydrogen) atoms. The summed E-state index contributed by atoms with van der Waals surface area (Å²) in [5.74, 6) is 1.52. The lowest BCUT2D eigenvalue weighted by molar-refractivity contribution is 0.312. The third-order valence-electron chi connectivity index (χ3n) is 2.52. The molecule has 0 saturated carbocycles. The maximum Gasteiger partial charge on any atom is 0.138 e. The molecule has 3 heteroatoms. The van der Waals surface area contributed by atoms with E-state index in [0.717, 1.165) is 30.3 Å². The van der Waals surface area contributed by atoms with Crippen molar-refractivity contribution >= 4 is 11.6 Å². The Labute approximate surface area is 109 Å². The van der Waals surface area contributed by atoms with Gasteiger partial charge in [0.1, 0.15) is 12.4 Å². The molecule has 0 spiro atoms. The van der Waals surface area contributed by atoms with Gasteiger partial charge < -0.3 is 10.1 Å². The highest BCUT2D eigenvalue weighted by atomic mass is 35.5. The number of hydrogen-bond acceptors (Lipinski definition) is 2. The Balaban J connectivity index is 2.20. The Morgan fingerprint density at radius 3 is 2.76 bits per heavy atom. The van der Waals surface area contributed by atoms with E-state index in [4.69, 9.17) is 16.3 Å². The first-order valence-corrected chi connectivity index (χ1v) is 6.57. The van der Waals surface area contributed by atoms with Crippen LogP contribution in [-0.2, 0) is 0 Å². The lowest BCUT2D eigenvalue weighted by Gasteiger charge is -2.10. The van der Waals surface area contributed by atoms with Crippen molar-refractivity contribution in [2.75, 3.05) is 19.7 Å². The van der Waals surface area contributed by atoms with E-state index in [-0.39, 0.29) is 0 Å². The molecule has 0 aliphatic heterocycles. The smallest absolute Gasteiger partial charge is 0.138 e. The molecule has 0 bridgehead atoms. The largest absolute Gasteiger partial charge is 0.491 e. The number of benzene rings is 1. The molecule has 0 aliphatic rings. The Hall–Kier alpha value is -0.730. The van der Waals surface area contributed by atoms with Crippen molar-refractivity contribution in [3.63, 3.8) is 0 Å². The van der Waals surface area contributed by atoms with Gasteiger partial charge in [-0.2, -0.15) is 0 Å². The molecule has 1 aromatic carbocycles. The first-order valence-electron chi connectivity index (χ1n) is 6.19. The molecule has 2 nitrogen and oxygen atoms in total. The molecule has 0 radical (unpaired) electrons. The Morgan fingerprint density at radius 2 is 2.06 bits per heavy atom. The van der Waals surface area contributed by atoms with Crippen LogP contribution in [-0.4, -0.2) is 19.7 Å². The van der Waals surface area contributed by atoms with Gasteiger partial charge >= 0.3 is 0 Å². The Bertz CT molecular complexity index is 339. The van der Waals surface area contributed by atoms with Crippen LogP contribution < -0.4 is 10.1 Å². The van der Waals surface area contributed by atoms with Gasteiger partial charge in [0.2, 0.25) is 0 Å². The van der Waals surface area contributed by atoms with Crippen molar-refractivity contribution in [3.8, 4) is 5.75 Å². The Morgan fingerprint density at radius 1 is 1.29 bits per heavy atom. The van der Waals surface area contributed by atoms with Gasteiger partial charge in [-0.05, 0) is 43.5 Å². The Kier molecular flexibility index (Phi) is 6.38. The molecule has 0 atom stereocenters. The fourth-order valence-corrected chi connectivity index (χ4v) is 1.64. The molecule has 0 unspecified atom stereocenters. The molecule has 0 fully saturated rings. The summed E-state index contributed by atoms with van der Waals surface area (Å²) in [6.07, 6.45) is 1.20. The van der Waals surface area contributed by atoms with Crippen LogP contribution in [0.3, 0.4) is 0 Å². The number of ether oxygens (including phenoxy) is 1. The highest BCUT2D eigenvalue weighted by molar-refractivity contribution is 6.32. The summed E-state index contributed by atoms with van der Waals surface area (Å²) in [6, 6.07) is 5.82. The van der Waals surface area contributed by atoms with Crippen LogP contribution in [0.5, 0.6) is 5.75 Å². The zero-order valence-electron chi connectivity index (χ0n) is 10.9. The first kappa shape index (κ1) is 14.3. The highest BCUT2D eigenvalue weighted by Gasteiger charge is 2.01. The molecule has 1 rings (SSSR count). The summed E-state index contributed by atoms with van der Waals surface area (Å²) in [6.45, 7) is 9.04. The van der Waals surface area contributed by atoms with Gasteiger partial charge in [-0.3, -0.25) is 0 Å². The van der Waals surface area contributed by atoms with E-state index < -0.39 is 0 Å². The summed E-state index contributed by atoms with van der Waals surface area (Å²) < 4.78 is 5.63. The number of nitrogens with one attached hydrogen (secondary N) is 1. The monoisotopic (exact) mass is 255 g/mol. The third-order valence-corrected chi connectivity index (χ3v) is 2.83. The van der Waals surface area contributed by atoms with Gasteiger partial charge in [0.05, 0.1) is 5.02 Å². The minimum atomic E-state index is 0.654. The van der Waals surface area contributed by atoms with E-state index in [0.29, 0.717) is 11.6 Å². The van der Waals surface area contributed by atoms with Crippen molar-refractivity contribution in [1.29, 1.82) is 0 Å². The van der Waals surface area contributed by atoms with Crippen molar-refractivity contribution in [3.05, 3.63) is 28.8 Å². The van der Waals surface area contributed by atoms with Gasteiger partial charge in [0.25, 0.3) is 0 Å². The normalized spacial score (nSPS) is 10.9. The van der Waals surface area contributed by atoms with Gasteiger partial charge in [-0.1, -0.05) is 31.5 Å².